The maximum absolute atomic E-state index is 6.25. The summed E-state index contributed by atoms with van der Waals surface area (Å²) in [7, 11) is 0. The highest BCUT2D eigenvalue weighted by atomic mass is 79.9. The summed E-state index contributed by atoms with van der Waals surface area (Å²) in [6.45, 7) is 4.19. The molecule has 2 aromatic rings. The molecule has 1 unspecified atom stereocenters. The van der Waals surface area contributed by atoms with Gasteiger partial charge in [0.2, 0.25) is 0 Å². The fraction of sp³-hybridized carbons (Fsp3) is 0.231. The predicted octanol–water partition coefficient (Wildman–Crippen LogP) is 4.18. The van der Waals surface area contributed by atoms with Crippen LogP contribution in [0.25, 0.3) is 0 Å². The van der Waals surface area contributed by atoms with Crippen molar-refractivity contribution in [2.45, 2.75) is 19.9 Å². The lowest BCUT2D eigenvalue weighted by Crippen LogP contribution is -2.11. The van der Waals surface area contributed by atoms with Gasteiger partial charge in [0.05, 0.1) is 6.04 Å². The number of halogens is 1. The van der Waals surface area contributed by atoms with Gasteiger partial charge >= 0.3 is 0 Å². The molecule has 1 aromatic heterocycles. The first-order valence-corrected chi connectivity index (χ1v) is 6.81. The lowest BCUT2D eigenvalue weighted by Gasteiger charge is -2.12. The summed E-state index contributed by atoms with van der Waals surface area (Å²) in [5, 5.41) is 2.14. The molecule has 2 rings (SSSR count). The van der Waals surface area contributed by atoms with Crippen LogP contribution in [-0.4, -0.2) is 0 Å². The molecule has 0 fully saturated rings. The van der Waals surface area contributed by atoms with Gasteiger partial charge in [-0.25, -0.2) is 0 Å². The molecule has 1 nitrogen and oxygen atoms in total. The van der Waals surface area contributed by atoms with Crippen LogP contribution < -0.4 is 5.73 Å². The number of nitrogens with two attached hydrogens (primary N) is 1. The first-order valence-electron chi connectivity index (χ1n) is 5.14. The van der Waals surface area contributed by atoms with Crippen molar-refractivity contribution in [3.05, 3.63) is 55.7 Å². The van der Waals surface area contributed by atoms with Gasteiger partial charge < -0.3 is 5.73 Å². The van der Waals surface area contributed by atoms with Gasteiger partial charge in [0.15, 0.2) is 0 Å². The molecule has 0 radical (unpaired) electrons. The Bertz CT molecular complexity index is 484. The Kier molecular flexibility index (Phi) is 3.47. The minimum atomic E-state index is -0.0267. The van der Waals surface area contributed by atoms with Crippen molar-refractivity contribution in [1.82, 2.24) is 0 Å². The molecule has 0 spiro atoms. The van der Waals surface area contributed by atoms with Crippen LogP contribution in [0, 0.1) is 13.8 Å². The molecule has 0 saturated carbocycles. The van der Waals surface area contributed by atoms with Gasteiger partial charge in [-0.05, 0) is 54.1 Å². The average Bonchev–Trinajstić information content (AvgIpc) is 2.62. The molecule has 0 aliphatic carbocycles. The quantitative estimate of drug-likeness (QED) is 0.884. The van der Waals surface area contributed by atoms with E-state index < -0.39 is 0 Å². The molecule has 16 heavy (non-hydrogen) atoms. The number of aryl methyl sites for hydroxylation is 2. The summed E-state index contributed by atoms with van der Waals surface area (Å²) in [6.07, 6.45) is 0. The van der Waals surface area contributed by atoms with Crippen molar-refractivity contribution in [2.24, 2.45) is 5.73 Å². The third kappa shape index (κ3) is 2.54. The van der Waals surface area contributed by atoms with Gasteiger partial charge in [0, 0.05) is 9.35 Å². The van der Waals surface area contributed by atoms with E-state index in [0.717, 1.165) is 10.0 Å². The zero-order valence-electron chi connectivity index (χ0n) is 9.33. The SMILES string of the molecule is Cc1cc(Br)cc(C(N)c2csc(C)c2)c1. The van der Waals surface area contributed by atoms with Crippen LogP contribution in [0.3, 0.4) is 0 Å². The predicted molar refractivity (Wildman–Crippen MR) is 74.0 cm³/mol. The topological polar surface area (TPSA) is 26.0 Å². The average molecular weight is 296 g/mol. The lowest BCUT2D eigenvalue weighted by molar-refractivity contribution is 0.873. The molecule has 1 atom stereocenters. The number of hydrogen-bond acceptors (Lipinski definition) is 2. The van der Waals surface area contributed by atoms with Gasteiger partial charge in [-0.2, -0.15) is 0 Å². The van der Waals surface area contributed by atoms with Crippen molar-refractivity contribution < 1.29 is 0 Å². The van der Waals surface area contributed by atoms with E-state index in [0.29, 0.717) is 0 Å². The molecule has 1 heterocycles. The second-order valence-electron chi connectivity index (χ2n) is 4.03. The van der Waals surface area contributed by atoms with Crippen LogP contribution >= 0.6 is 27.3 Å². The van der Waals surface area contributed by atoms with Gasteiger partial charge in [-0.15, -0.1) is 11.3 Å². The standard InChI is InChI=1S/C13H14BrNS/c1-8-3-10(6-12(14)4-8)13(15)11-5-9(2)16-7-11/h3-7,13H,15H2,1-2H3. The largest absolute Gasteiger partial charge is 0.320 e. The molecular weight excluding hydrogens is 282 g/mol. The van der Waals surface area contributed by atoms with Gasteiger partial charge in [0.25, 0.3) is 0 Å². The van der Waals surface area contributed by atoms with Crippen molar-refractivity contribution in [2.75, 3.05) is 0 Å². The van der Waals surface area contributed by atoms with E-state index in [1.807, 2.05) is 0 Å². The summed E-state index contributed by atoms with van der Waals surface area (Å²) >= 11 is 5.25. The lowest BCUT2D eigenvalue weighted by atomic mass is 10.0. The smallest absolute Gasteiger partial charge is 0.0560 e. The fourth-order valence-electron chi connectivity index (χ4n) is 1.76. The Hall–Kier alpha value is -0.640. The van der Waals surface area contributed by atoms with Crippen LogP contribution in [0.1, 0.15) is 27.6 Å². The summed E-state index contributed by atoms with van der Waals surface area (Å²) in [6, 6.07) is 8.45. The van der Waals surface area contributed by atoms with Crippen LogP contribution in [0.5, 0.6) is 0 Å². The minimum absolute atomic E-state index is 0.0267. The molecule has 0 aliphatic heterocycles. The van der Waals surface area contributed by atoms with E-state index in [1.54, 1.807) is 11.3 Å². The second-order valence-corrected chi connectivity index (χ2v) is 6.06. The Morgan fingerprint density at radius 1 is 1.12 bits per heavy atom. The van der Waals surface area contributed by atoms with E-state index >= 15 is 0 Å². The minimum Gasteiger partial charge on any atom is -0.320 e. The summed E-state index contributed by atoms with van der Waals surface area (Å²) in [4.78, 5) is 1.30. The van der Waals surface area contributed by atoms with Crippen LogP contribution in [0.4, 0.5) is 0 Å². The van der Waals surface area contributed by atoms with E-state index in [4.69, 9.17) is 5.73 Å². The Labute approximate surface area is 108 Å². The second kappa shape index (κ2) is 4.70. The third-order valence-corrected chi connectivity index (χ3v) is 3.87. The van der Waals surface area contributed by atoms with E-state index in [1.165, 1.54) is 16.0 Å². The van der Waals surface area contributed by atoms with Crippen molar-refractivity contribution >= 4 is 27.3 Å². The molecule has 0 amide bonds. The van der Waals surface area contributed by atoms with E-state index in [9.17, 15) is 0 Å². The van der Waals surface area contributed by atoms with Gasteiger partial charge in [0.1, 0.15) is 0 Å². The Morgan fingerprint density at radius 2 is 1.88 bits per heavy atom. The molecule has 2 N–H and O–H groups in total. The normalized spacial score (nSPS) is 12.8. The zero-order valence-corrected chi connectivity index (χ0v) is 11.7. The number of thiophene rings is 1. The summed E-state index contributed by atoms with van der Waals surface area (Å²) < 4.78 is 1.09. The first kappa shape index (κ1) is 11.8. The third-order valence-electron chi connectivity index (χ3n) is 2.53. The zero-order chi connectivity index (χ0) is 11.7. The van der Waals surface area contributed by atoms with Crippen LogP contribution in [0.15, 0.2) is 34.1 Å². The highest BCUT2D eigenvalue weighted by Crippen LogP contribution is 2.27. The fourth-order valence-corrected chi connectivity index (χ4v) is 3.13. The van der Waals surface area contributed by atoms with Gasteiger partial charge in [-0.3, -0.25) is 0 Å². The van der Waals surface area contributed by atoms with Crippen molar-refractivity contribution in [3.63, 3.8) is 0 Å². The van der Waals surface area contributed by atoms with Crippen molar-refractivity contribution in [1.29, 1.82) is 0 Å². The van der Waals surface area contributed by atoms with E-state index in [-0.39, 0.29) is 6.04 Å². The molecule has 1 aromatic carbocycles. The molecule has 84 valence electrons. The maximum Gasteiger partial charge on any atom is 0.0560 e. The molecule has 0 aliphatic rings. The Balaban J connectivity index is 2.37. The molecule has 0 bridgehead atoms. The maximum atomic E-state index is 6.25. The summed E-state index contributed by atoms with van der Waals surface area (Å²) in [5.41, 5.74) is 9.83. The number of hydrogen-bond donors (Lipinski definition) is 1. The monoisotopic (exact) mass is 295 g/mol. The molecular formula is C13H14BrNS. The van der Waals surface area contributed by atoms with Crippen LogP contribution in [-0.2, 0) is 0 Å². The van der Waals surface area contributed by atoms with Crippen LogP contribution in [0.2, 0.25) is 0 Å². The summed E-state index contributed by atoms with van der Waals surface area (Å²) in [5.74, 6) is 0. The highest BCUT2D eigenvalue weighted by Gasteiger charge is 2.11. The first-order chi connectivity index (χ1) is 7.56. The Morgan fingerprint density at radius 3 is 2.44 bits per heavy atom. The number of benzene rings is 1. The van der Waals surface area contributed by atoms with E-state index in [2.05, 4.69) is 59.4 Å². The van der Waals surface area contributed by atoms with Gasteiger partial charge in [-0.1, -0.05) is 22.0 Å². The molecule has 3 heteroatoms. The highest BCUT2D eigenvalue weighted by molar-refractivity contribution is 9.10. The van der Waals surface area contributed by atoms with Crippen molar-refractivity contribution in [3.8, 4) is 0 Å². The molecule has 0 saturated heterocycles. The number of rotatable bonds is 2.